The molecular weight excluding hydrogens is 192 g/mol. The standard InChI is InChI=1S/C11H24N2S/c1-2-14-8-7-11(9-12)13-10-5-3-4-6-10/h10-11,13H,2-9,12H2,1H3. The maximum absolute atomic E-state index is 5.76. The molecular formula is C11H24N2S. The van der Waals surface area contributed by atoms with Crippen LogP contribution < -0.4 is 11.1 Å². The topological polar surface area (TPSA) is 38.0 Å². The second-order valence-corrected chi connectivity index (χ2v) is 5.46. The minimum absolute atomic E-state index is 0.553. The summed E-state index contributed by atoms with van der Waals surface area (Å²) >= 11 is 2.01. The summed E-state index contributed by atoms with van der Waals surface area (Å²) in [4.78, 5) is 0. The molecule has 1 unspecified atom stereocenters. The third-order valence-electron chi connectivity index (χ3n) is 2.93. The van der Waals surface area contributed by atoms with E-state index in [1.807, 2.05) is 11.8 Å². The van der Waals surface area contributed by atoms with Crippen LogP contribution in [-0.2, 0) is 0 Å². The molecule has 0 aromatic carbocycles. The average molecular weight is 216 g/mol. The molecule has 3 heteroatoms. The third-order valence-corrected chi connectivity index (χ3v) is 3.86. The van der Waals surface area contributed by atoms with Gasteiger partial charge < -0.3 is 11.1 Å². The predicted molar refractivity (Wildman–Crippen MR) is 65.9 cm³/mol. The molecule has 0 saturated heterocycles. The van der Waals surface area contributed by atoms with Gasteiger partial charge in [0, 0.05) is 18.6 Å². The summed E-state index contributed by atoms with van der Waals surface area (Å²) in [6.07, 6.45) is 6.75. The van der Waals surface area contributed by atoms with Crippen LogP contribution in [0.25, 0.3) is 0 Å². The van der Waals surface area contributed by atoms with Crippen molar-refractivity contribution in [3.63, 3.8) is 0 Å². The molecule has 0 radical (unpaired) electrons. The highest BCUT2D eigenvalue weighted by molar-refractivity contribution is 7.99. The molecule has 1 rings (SSSR count). The van der Waals surface area contributed by atoms with E-state index >= 15 is 0 Å². The minimum atomic E-state index is 0.553. The van der Waals surface area contributed by atoms with E-state index in [0.29, 0.717) is 6.04 Å². The Morgan fingerprint density at radius 3 is 2.71 bits per heavy atom. The van der Waals surface area contributed by atoms with E-state index in [2.05, 4.69) is 12.2 Å². The number of hydrogen-bond donors (Lipinski definition) is 2. The average Bonchev–Trinajstić information content (AvgIpc) is 2.69. The van der Waals surface area contributed by atoms with E-state index in [0.717, 1.165) is 12.6 Å². The van der Waals surface area contributed by atoms with Crippen LogP contribution in [0.2, 0.25) is 0 Å². The molecule has 0 heterocycles. The summed E-state index contributed by atoms with van der Waals surface area (Å²) in [6.45, 7) is 3.01. The van der Waals surface area contributed by atoms with Crippen LogP contribution in [0.4, 0.5) is 0 Å². The highest BCUT2D eigenvalue weighted by Crippen LogP contribution is 2.18. The van der Waals surface area contributed by atoms with Crippen molar-refractivity contribution in [1.82, 2.24) is 5.32 Å². The van der Waals surface area contributed by atoms with E-state index in [9.17, 15) is 0 Å². The van der Waals surface area contributed by atoms with Gasteiger partial charge in [0.1, 0.15) is 0 Å². The Balaban J connectivity index is 2.10. The molecule has 1 fully saturated rings. The first-order valence-corrected chi connectivity index (χ1v) is 7.06. The summed E-state index contributed by atoms with van der Waals surface area (Å²) < 4.78 is 0. The Kier molecular flexibility index (Phi) is 6.65. The lowest BCUT2D eigenvalue weighted by Gasteiger charge is -2.21. The summed E-state index contributed by atoms with van der Waals surface area (Å²) in [5, 5.41) is 3.69. The fraction of sp³-hybridized carbons (Fsp3) is 1.00. The monoisotopic (exact) mass is 216 g/mol. The first-order chi connectivity index (χ1) is 6.86. The van der Waals surface area contributed by atoms with Crippen LogP contribution in [0.3, 0.4) is 0 Å². The number of nitrogens with two attached hydrogens (primary N) is 1. The smallest absolute Gasteiger partial charge is 0.0200 e. The van der Waals surface area contributed by atoms with Gasteiger partial charge in [-0.25, -0.2) is 0 Å². The predicted octanol–water partition coefficient (Wildman–Crippen LogP) is 1.99. The number of nitrogens with one attached hydrogen (secondary N) is 1. The molecule has 0 amide bonds. The summed E-state index contributed by atoms with van der Waals surface area (Å²) in [5.41, 5.74) is 5.76. The third kappa shape index (κ3) is 4.67. The van der Waals surface area contributed by atoms with Gasteiger partial charge in [0.2, 0.25) is 0 Å². The van der Waals surface area contributed by atoms with Crippen LogP contribution in [0.1, 0.15) is 39.0 Å². The summed E-state index contributed by atoms with van der Waals surface area (Å²) in [6, 6.07) is 1.31. The zero-order valence-corrected chi connectivity index (χ0v) is 10.1. The molecule has 14 heavy (non-hydrogen) atoms. The van der Waals surface area contributed by atoms with Gasteiger partial charge >= 0.3 is 0 Å². The van der Waals surface area contributed by atoms with E-state index in [4.69, 9.17) is 5.73 Å². The Bertz CT molecular complexity index is 135. The fourth-order valence-corrected chi connectivity index (χ4v) is 2.80. The lowest BCUT2D eigenvalue weighted by molar-refractivity contribution is 0.427. The molecule has 1 saturated carbocycles. The Morgan fingerprint density at radius 2 is 2.14 bits per heavy atom. The van der Waals surface area contributed by atoms with Crippen LogP contribution in [0, 0.1) is 0 Å². The molecule has 84 valence electrons. The molecule has 0 aromatic rings. The van der Waals surface area contributed by atoms with Crippen molar-refractivity contribution in [3.8, 4) is 0 Å². The summed E-state index contributed by atoms with van der Waals surface area (Å²) in [7, 11) is 0. The van der Waals surface area contributed by atoms with Gasteiger partial charge in [-0.05, 0) is 30.8 Å². The molecule has 0 spiro atoms. The van der Waals surface area contributed by atoms with Gasteiger partial charge in [-0.15, -0.1) is 0 Å². The van der Waals surface area contributed by atoms with Crippen LogP contribution >= 0.6 is 11.8 Å². The molecule has 0 aromatic heterocycles. The summed E-state index contributed by atoms with van der Waals surface area (Å²) in [5.74, 6) is 2.47. The van der Waals surface area contributed by atoms with E-state index in [1.54, 1.807) is 0 Å². The lowest BCUT2D eigenvalue weighted by Crippen LogP contribution is -2.42. The second-order valence-electron chi connectivity index (χ2n) is 4.07. The van der Waals surface area contributed by atoms with E-state index < -0.39 is 0 Å². The van der Waals surface area contributed by atoms with Crippen molar-refractivity contribution in [2.75, 3.05) is 18.1 Å². The normalized spacial score (nSPS) is 20.1. The largest absolute Gasteiger partial charge is 0.329 e. The Hall–Kier alpha value is 0.270. The van der Waals surface area contributed by atoms with Gasteiger partial charge in [-0.1, -0.05) is 19.8 Å². The van der Waals surface area contributed by atoms with Gasteiger partial charge in [0.15, 0.2) is 0 Å². The quantitative estimate of drug-likeness (QED) is 0.639. The zero-order valence-electron chi connectivity index (χ0n) is 9.30. The van der Waals surface area contributed by atoms with Crippen LogP contribution in [0.5, 0.6) is 0 Å². The van der Waals surface area contributed by atoms with Gasteiger partial charge in [0.05, 0.1) is 0 Å². The number of rotatable bonds is 7. The number of thioether (sulfide) groups is 1. The first kappa shape index (κ1) is 12.3. The van der Waals surface area contributed by atoms with Gasteiger partial charge in [-0.3, -0.25) is 0 Å². The van der Waals surface area contributed by atoms with Crippen LogP contribution in [-0.4, -0.2) is 30.1 Å². The highest BCUT2D eigenvalue weighted by atomic mass is 32.2. The highest BCUT2D eigenvalue weighted by Gasteiger charge is 2.17. The number of hydrogen-bond acceptors (Lipinski definition) is 3. The van der Waals surface area contributed by atoms with Crippen molar-refractivity contribution in [2.45, 2.75) is 51.1 Å². The van der Waals surface area contributed by atoms with E-state index in [-0.39, 0.29) is 0 Å². The zero-order chi connectivity index (χ0) is 10.2. The van der Waals surface area contributed by atoms with Crippen molar-refractivity contribution in [1.29, 1.82) is 0 Å². The van der Waals surface area contributed by atoms with Crippen molar-refractivity contribution in [3.05, 3.63) is 0 Å². The molecule has 1 atom stereocenters. The first-order valence-electron chi connectivity index (χ1n) is 5.90. The Labute approximate surface area is 92.4 Å². The van der Waals surface area contributed by atoms with Crippen molar-refractivity contribution in [2.24, 2.45) is 5.73 Å². The van der Waals surface area contributed by atoms with Crippen molar-refractivity contribution >= 4 is 11.8 Å². The van der Waals surface area contributed by atoms with Gasteiger partial charge in [0.25, 0.3) is 0 Å². The second kappa shape index (κ2) is 7.55. The molecule has 0 bridgehead atoms. The van der Waals surface area contributed by atoms with E-state index in [1.165, 1.54) is 43.6 Å². The molecule has 0 aliphatic heterocycles. The molecule has 1 aliphatic rings. The SMILES string of the molecule is CCSCCC(CN)NC1CCCC1. The minimum Gasteiger partial charge on any atom is -0.329 e. The maximum atomic E-state index is 5.76. The molecule has 2 nitrogen and oxygen atoms in total. The van der Waals surface area contributed by atoms with Crippen LogP contribution in [0.15, 0.2) is 0 Å². The fourth-order valence-electron chi connectivity index (χ4n) is 2.06. The lowest BCUT2D eigenvalue weighted by atomic mass is 10.1. The molecule has 1 aliphatic carbocycles. The maximum Gasteiger partial charge on any atom is 0.0200 e. The van der Waals surface area contributed by atoms with Gasteiger partial charge in [-0.2, -0.15) is 11.8 Å². The van der Waals surface area contributed by atoms with Crippen molar-refractivity contribution < 1.29 is 0 Å². The Morgan fingerprint density at radius 1 is 1.43 bits per heavy atom. The molecule has 3 N–H and O–H groups in total.